The van der Waals surface area contributed by atoms with Crippen LogP contribution in [-0.4, -0.2) is 44.3 Å². The molecule has 0 aliphatic heterocycles. The molecule has 2 heterocycles. The van der Waals surface area contributed by atoms with Crippen LogP contribution in [0.5, 0.6) is 0 Å². The molecule has 0 bridgehead atoms. The smallest absolute Gasteiger partial charge is 0.277 e. The van der Waals surface area contributed by atoms with E-state index < -0.39 is 36.5 Å². The fraction of sp³-hybridized carbons (Fsp3) is 0.385. The van der Waals surface area contributed by atoms with Crippen LogP contribution in [0, 0.1) is 0 Å². The number of hydrogen-bond donors (Lipinski definition) is 3. The second-order valence-corrected chi connectivity index (χ2v) is 8.46. The molecule has 2 aromatic carbocycles. The van der Waals surface area contributed by atoms with Gasteiger partial charge in [0.15, 0.2) is 5.67 Å². The number of nitrogens with one attached hydrogen (secondary N) is 2. The summed E-state index contributed by atoms with van der Waals surface area (Å²) in [6.45, 7) is 2.52. The van der Waals surface area contributed by atoms with E-state index in [-0.39, 0.29) is 5.56 Å². The largest absolute Gasteiger partial charge is 0.464 e. The highest BCUT2D eigenvalue weighted by molar-refractivity contribution is 5.78. The Morgan fingerprint density at radius 3 is 1.74 bits per heavy atom. The maximum Gasteiger partial charge on any atom is 0.277 e. The standard InChI is InChI=1S/C13H14F3NO.C13H16FNO2/c1-8(17-2)13(16,12(14)15)10-4-3-9-5-6-18-11(9)7-10;1-9(15-2)13(14,8-16)11-4-3-10-5-6-17-12(10)7-11/h3-8,12,17H,1-2H3;3-7,9,15-16H,8H2,1-2H3. The molecule has 35 heavy (non-hydrogen) atoms. The van der Waals surface area contributed by atoms with Gasteiger partial charge in [0.25, 0.3) is 6.43 Å². The van der Waals surface area contributed by atoms with E-state index in [1.165, 1.54) is 32.4 Å². The van der Waals surface area contributed by atoms with Gasteiger partial charge in [-0.25, -0.2) is 17.6 Å². The van der Waals surface area contributed by atoms with Crippen LogP contribution >= 0.6 is 0 Å². The number of alkyl halides is 4. The first kappa shape index (κ1) is 26.7. The summed E-state index contributed by atoms with van der Waals surface area (Å²) < 4.78 is 65.9. The monoisotopic (exact) mass is 494 g/mol. The number of halogens is 4. The molecule has 9 heteroatoms. The Bertz CT molecular complexity index is 1240. The average Bonchev–Trinajstić information content (AvgIpc) is 3.55. The van der Waals surface area contributed by atoms with Crippen LogP contribution in [-0.2, 0) is 11.3 Å². The molecule has 4 rings (SSSR count). The molecule has 0 aliphatic rings. The Labute approximate surface area is 201 Å². The van der Waals surface area contributed by atoms with Crippen LogP contribution < -0.4 is 10.6 Å². The van der Waals surface area contributed by atoms with E-state index >= 15 is 0 Å². The SMILES string of the molecule is CNC(C)C(F)(CO)c1ccc2ccoc2c1.CNC(C)C(F)(c1ccc2ccoc2c1)C(F)F. The van der Waals surface area contributed by atoms with Crippen molar-refractivity contribution in [3.05, 3.63) is 72.2 Å². The minimum absolute atomic E-state index is 0.0817. The lowest BCUT2D eigenvalue weighted by molar-refractivity contribution is -0.0588. The maximum atomic E-state index is 14.7. The van der Waals surface area contributed by atoms with E-state index in [1.807, 2.05) is 6.07 Å². The van der Waals surface area contributed by atoms with E-state index in [4.69, 9.17) is 8.83 Å². The van der Waals surface area contributed by atoms with Crippen molar-refractivity contribution in [1.82, 2.24) is 10.6 Å². The van der Waals surface area contributed by atoms with Gasteiger partial charge in [0.05, 0.1) is 19.1 Å². The van der Waals surface area contributed by atoms with E-state index in [0.29, 0.717) is 16.7 Å². The van der Waals surface area contributed by atoms with Crippen LogP contribution in [0.25, 0.3) is 21.9 Å². The molecule has 0 spiro atoms. The van der Waals surface area contributed by atoms with E-state index in [0.717, 1.165) is 10.8 Å². The number of hydrogen-bond acceptors (Lipinski definition) is 5. The average molecular weight is 495 g/mol. The topological polar surface area (TPSA) is 70.6 Å². The zero-order chi connectivity index (χ0) is 25.8. The Morgan fingerprint density at radius 1 is 0.800 bits per heavy atom. The molecular formula is C26H30F4N2O3. The van der Waals surface area contributed by atoms with Crippen LogP contribution in [0.4, 0.5) is 17.6 Å². The molecule has 2 aromatic heterocycles. The molecule has 4 unspecified atom stereocenters. The summed E-state index contributed by atoms with van der Waals surface area (Å²) in [5.41, 5.74) is -3.18. The predicted octanol–water partition coefficient (Wildman–Crippen LogP) is 5.67. The van der Waals surface area contributed by atoms with Crippen molar-refractivity contribution in [2.75, 3.05) is 20.7 Å². The third-order valence-corrected chi connectivity index (χ3v) is 6.56. The minimum atomic E-state index is -3.12. The van der Waals surface area contributed by atoms with Crippen molar-refractivity contribution in [3.8, 4) is 0 Å². The van der Waals surface area contributed by atoms with Gasteiger partial charge < -0.3 is 24.6 Å². The fourth-order valence-corrected chi connectivity index (χ4v) is 3.89. The van der Waals surface area contributed by atoms with Gasteiger partial charge in [0, 0.05) is 28.4 Å². The minimum Gasteiger partial charge on any atom is -0.464 e. The molecule has 0 amide bonds. The summed E-state index contributed by atoms with van der Waals surface area (Å²) in [4.78, 5) is 0. The summed E-state index contributed by atoms with van der Waals surface area (Å²) in [5.74, 6) is 0. The van der Waals surface area contributed by atoms with E-state index in [2.05, 4.69) is 10.6 Å². The Balaban J connectivity index is 0.000000196. The fourth-order valence-electron chi connectivity index (χ4n) is 3.89. The number of furan rings is 2. The lowest BCUT2D eigenvalue weighted by Gasteiger charge is -2.30. The Morgan fingerprint density at radius 2 is 1.29 bits per heavy atom. The zero-order valence-corrected chi connectivity index (χ0v) is 20.0. The predicted molar refractivity (Wildman–Crippen MR) is 128 cm³/mol. The lowest BCUT2D eigenvalue weighted by Crippen LogP contribution is -2.47. The van der Waals surface area contributed by atoms with E-state index in [1.54, 1.807) is 50.6 Å². The molecule has 0 radical (unpaired) electrons. The molecule has 3 N–H and O–H groups in total. The third kappa shape index (κ3) is 5.07. The number of rotatable bonds is 8. The van der Waals surface area contributed by atoms with Crippen molar-refractivity contribution in [3.63, 3.8) is 0 Å². The second-order valence-electron chi connectivity index (χ2n) is 8.46. The lowest BCUT2D eigenvalue weighted by atomic mass is 9.89. The van der Waals surface area contributed by atoms with Gasteiger partial charge in [-0.2, -0.15) is 0 Å². The van der Waals surface area contributed by atoms with E-state index in [9.17, 15) is 22.7 Å². The number of aliphatic hydroxyl groups is 1. The van der Waals surface area contributed by atoms with Gasteiger partial charge in [-0.1, -0.05) is 24.3 Å². The van der Waals surface area contributed by atoms with Crippen molar-refractivity contribution in [1.29, 1.82) is 0 Å². The Kier molecular flexibility index (Phi) is 8.25. The quantitative estimate of drug-likeness (QED) is 0.276. The van der Waals surface area contributed by atoms with Crippen molar-refractivity contribution in [2.45, 2.75) is 43.7 Å². The number of aliphatic hydroxyl groups excluding tert-OH is 1. The van der Waals surface area contributed by atoms with Crippen LogP contribution in [0.15, 0.2) is 69.9 Å². The summed E-state index contributed by atoms with van der Waals surface area (Å²) >= 11 is 0. The van der Waals surface area contributed by atoms with Gasteiger partial charge in [-0.3, -0.25) is 0 Å². The zero-order valence-electron chi connectivity index (χ0n) is 20.0. The maximum absolute atomic E-state index is 14.7. The summed E-state index contributed by atoms with van der Waals surface area (Å²) in [7, 11) is 3.12. The summed E-state index contributed by atoms with van der Waals surface area (Å²) in [6, 6.07) is 11.4. The number of fused-ring (bicyclic) bond motifs is 2. The van der Waals surface area contributed by atoms with Gasteiger partial charge in [-0.15, -0.1) is 0 Å². The molecule has 5 nitrogen and oxygen atoms in total. The first-order chi connectivity index (χ1) is 16.6. The molecular weight excluding hydrogens is 464 g/mol. The van der Waals surface area contributed by atoms with Gasteiger partial charge in [-0.05, 0) is 57.8 Å². The van der Waals surface area contributed by atoms with Gasteiger partial charge in [0.2, 0.25) is 5.67 Å². The van der Waals surface area contributed by atoms with Crippen molar-refractivity contribution >= 4 is 21.9 Å². The Hall–Kier alpha value is -2.88. The summed E-state index contributed by atoms with van der Waals surface area (Å²) in [6.07, 6.45) is -0.111. The number of likely N-dealkylation sites (N-methyl/N-ethyl adjacent to an activating group) is 2. The van der Waals surface area contributed by atoms with Crippen LogP contribution in [0.2, 0.25) is 0 Å². The molecule has 0 aliphatic carbocycles. The van der Waals surface area contributed by atoms with Crippen molar-refractivity contribution in [2.24, 2.45) is 0 Å². The van der Waals surface area contributed by atoms with Gasteiger partial charge >= 0.3 is 0 Å². The first-order valence-electron chi connectivity index (χ1n) is 11.2. The van der Waals surface area contributed by atoms with Crippen LogP contribution in [0.3, 0.4) is 0 Å². The highest BCUT2D eigenvalue weighted by atomic mass is 19.3. The molecule has 190 valence electrons. The van der Waals surface area contributed by atoms with Crippen molar-refractivity contribution < 1.29 is 31.5 Å². The molecule has 0 fully saturated rings. The second kappa shape index (κ2) is 10.8. The number of benzene rings is 2. The molecule has 0 saturated heterocycles. The summed E-state index contributed by atoms with van der Waals surface area (Å²) in [5, 5.41) is 16.4. The highest BCUT2D eigenvalue weighted by Gasteiger charge is 2.47. The van der Waals surface area contributed by atoms with Crippen LogP contribution in [0.1, 0.15) is 25.0 Å². The highest BCUT2D eigenvalue weighted by Crippen LogP contribution is 2.38. The van der Waals surface area contributed by atoms with Gasteiger partial charge in [0.1, 0.15) is 11.2 Å². The molecule has 0 saturated carbocycles. The first-order valence-corrected chi connectivity index (χ1v) is 11.2. The normalized spacial score (nSPS) is 17.0. The molecule has 4 aromatic rings. The molecule has 4 atom stereocenters. The third-order valence-electron chi connectivity index (χ3n) is 6.56.